The van der Waals surface area contributed by atoms with E-state index in [-0.39, 0.29) is 12.9 Å². The van der Waals surface area contributed by atoms with Gasteiger partial charge in [-0.1, -0.05) is 12.5 Å². The molecule has 1 fully saturated rings. The van der Waals surface area contributed by atoms with Gasteiger partial charge in [0.1, 0.15) is 11.4 Å². The summed E-state index contributed by atoms with van der Waals surface area (Å²) in [7, 11) is 0. The van der Waals surface area contributed by atoms with Gasteiger partial charge in [-0.2, -0.15) is 5.10 Å². The molecular weight excluding hydrogens is 456 g/mol. The Bertz CT molecular complexity index is 1550. The van der Waals surface area contributed by atoms with Gasteiger partial charge < -0.3 is 19.2 Å². The molecule has 5 heterocycles. The van der Waals surface area contributed by atoms with E-state index in [0.717, 1.165) is 63.5 Å². The zero-order valence-corrected chi connectivity index (χ0v) is 19.5. The molecular formula is C27H24N6O3. The minimum Gasteiger partial charge on any atom is -0.489 e. The van der Waals surface area contributed by atoms with Crippen molar-refractivity contribution in [1.29, 1.82) is 0 Å². The van der Waals surface area contributed by atoms with Gasteiger partial charge in [0.15, 0.2) is 17.3 Å². The normalized spacial score (nSPS) is 15.4. The van der Waals surface area contributed by atoms with E-state index in [1.165, 1.54) is 19.3 Å². The molecule has 2 N–H and O–H groups in total. The highest BCUT2D eigenvalue weighted by molar-refractivity contribution is 5.93. The molecule has 9 heteroatoms. The number of nitrogens with one attached hydrogen (secondary N) is 2. The number of rotatable bonds is 5. The highest BCUT2D eigenvalue weighted by atomic mass is 16.7. The first-order valence-corrected chi connectivity index (χ1v) is 12.2. The number of nitrogens with zero attached hydrogens (tertiary/aromatic N) is 4. The first kappa shape index (κ1) is 20.9. The molecule has 0 radical (unpaired) electrons. The fraction of sp³-hybridized carbons (Fsp3) is 0.259. The number of ether oxygens (including phenoxy) is 3. The predicted molar refractivity (Wildman–Crippen MR) is 134 cm³/mol. The first-order chi connectivity index (χ1) is 17.8. The maximum Gasteiger partial charge on any atom is 0.231 e. The molecule has 0 amide bonds. The van der Waals surface area contributed by atoms with Gasteiger partial charge in [0.05, 0.1) is 35.2 Å². The second-order valence-corrected chi connectivity index (χ2v) is 9.19. The number of hydrogen-bond donors (Lipinski definition) is 2. The Balaban J connectivity index is 1.18. The molecule has 1 aromatic carbocycles. The zero-order chi connectivity index (χ0) is 23.9. The van der Waals surface area contributed by atoms with Crippen molar-refractivity contribution < 1.29 is 14.2 Å². The number of hydrogen-bond acceptors (Lipinski definition) is 7. The van der Waals surface area contributed by atoms with Crippen molar-refractivity contribution in [2.45, 2.75) is 38.2 Å². The van der Waals surface area contributed by atoms with Crippen LogP contribution in [0.1, 0.15) is 32.1 Å². The van der Waals surface area contributed by atoms with Crippen molar-refractivity contribution in [3.63, 3.8) is 0 Å². The van der Waals surface area contributed by atoms with Gasteiger partial charge in [0.2, 0.25) is 6.79 Å². The van der Waals surface area contributed by atoms with Crippen LogP contribution in [0.25, 0.3) is 44.9 Å². The summed E-state index contributed by atoms with van der Waals surface area (Å²) in [5.41, 5.74) is 5.97. The second-order valence-electron chi connectivity index (χ2n) is 9.19. The Morgan fingerprint density at radius 1 is 0.861 bits per heavy atom. The van der Waals surface area contributed by atoms with Crippen molar-refractivity contribution in [3.8, 4) is 51.2 Å². The summed E-state index contributed by atoms with van der Waals surface area (Å²) in [6.07, 6.45) is 13.4. The van der Waals surface area contributed by atoms with Gasteiger partial charge in [0.25, 0.3) is 0 Å². The molecule has 36 heavy (non-hydrogen) atoms. The fourth-order valence-corrected chi connectivity index (χ4v) is 4.93. The molecule has 0 unspecified atom stereocenters. The van der Waals surface area contributed by atoms with E-state index in [4.69, 9.17) is 19.2 Å². The van der Waals surface area contributed by atoms with Crippen LogP contribution in [0.2, 0.25) is 0 Å². The average Bonchev–Trinajstić information content (AvgIpc) is 3.68. The van der Waals surface area contributed by atoms with Crippen molar-refractivity contribution in [2.75, 3.05) is 6.79 Å². The summed E-state index contributed by atoms with van der Waals surface area (Å²) < 4.78 is 17.2. The quantitative estimate of drug-likeness (QED) is 0.341. The summed E-state index contributed by atoms with van der Waals surface area (Å²) in [6, 6.07) is 9.83. The smallest absolute Gasteiger partial charge is 0.231 e. The molecule has 7 rings (SSSR count). The van der Waals surface area contributed by atoms with Gasteiger partial charge in [-0.15, -0.1) is 0 Å². The molecule has 5 aromatic rings. The minimum absolute atomic E-state index is 0.237. The van der Waals surface area contributed by atoms with E-state index < -0.39 is 0 Å². The summed E-state index contributed by atoms with van der Waals surface area (Å²) in [5.74, 6) is 2.91. The number of H-pyrrole nitrogens is 2. The standard InChI is InChI=1S/C27H24N6O3/c1-2-4-18(5-3-1)36-19-8-17(11-28-12-19)21-10-22(33-32-21)27-30-23-14-29-13-20(26(23)31-27)16-6-7-24-25(9-16)35-15-34-24/h6-14,18H,1-5,15H2,(H,30,31)(H,32,33). The van der Waals surface area contributed by atoms with E-state index in [1.807, 2.05) is 42.7 Å². The topological polar surface area (TPSA) is 111 Å². The van der Waals surface area contributed by atoms with E-state index in [0.29, 0.717) is 11.5 Å². The fourth-order valence-electron chi connectivity index (χ4n) is 4.93. The van der Waals surface area contributed by atoms with Crippen LogP contribution in [-0.4, -0.2) is 43.0 Å². The van der Waals surface area contributed by atoms with Gasteiger partial charge in [-0.05, 0) is 55.5 Å². The Morgan fingerprint density at radius 2 is 1.75 bits per heavy atom. The molecule has 0 saturated heterocycles. The number of aromatic amines is 2. The molecule has 4 aromatic heterocycles. The second kappa shape index (κ2) is 8.67. The number of benzene rings is 1. The number of imidazole rings is 1. The SMILES string of the molecule is c1ncc(-c2cc(-c3nc4c(-c5ccc6c(c5)OCO6)cncc4[nH]3)n[nH]2)cc1OC1CCCCC1. The van der Waals surface area contributed by atoms with Crippen LogP contribution >= 0.6 is 0 Å². The van der Waals surface area contributed by atoms with Gasteiger partial charge in [-0.25, -0.2) is 4.98 Å². The predicted octanol–water partition coefficient (Wildman–Crippen LogP) is 5.52. The van der Waals surface area contributed by atoms with E-state index in [2.05, 4.69) is 25.1 Å². The lowest BCUT2D eigenvalue weighted by atomic mass is 9.98. The van der Waals surface area contributed by atoms with Gasteiger partial charge in [0, 0.05) is 23.5 Å². The molecule has 1 saturated carbocycles. The summed E-state index contributed by atoms with van der Waals surface area (Å²) in [4.78, 5) is 17.0. The molecule has 9 nitrogen and oxygen atoms in total. The molecule has 1 aliphatic carbocycles. The molecule has 0 atom stereocenters. The Morgan fingerprint density at radius 3 is 2.69 bits per heavy atom. The summed E-state index contributed by atoms with van der Waals surface area (Å²) in [5, 5.41) is 7.63. The van der Waals surface area contributed by atoms with E-state index in [9.17, 15) is 0 Å². The maximum atomic E-state index is 6.19. The van der Waals surface area contributed by atoms with Gasteiger partial charge >= 0.3 is 0 Å². The maximum absolute atomic E-state index is 6.19. The van der Waals surface area contributed by atoms with Crippen LogP contribution in [0.4, 0.5) is 0 Å². The lowest BCUT2D eigenvalue weighted by Gasteiger charge is -2.22. The molecule has 0 spiro atoms. The third-order valence-electron chi connectivity index (χ3n) is 6.78. The molecule has 180 valence electrons. The number of aromatic nitrogens is 6. The van der Waals surface area contributed by atoms with Crippen LogP contribution in [0, 0.1) is 0 Å². The van der Waals surface area contributed by atoms with Crippen LogP contribution in [-0.2, 0) is 0 Å². The van der Waals surface area contributed by atoms with Crippen molar-refractivity contribution in [3.05, 3.63) is 55.1 Å². The number of fused-ring (bicyclic) bond motifs is 2. The lowest BCUT2D eigenvalue weighted by Crippen LogP contribution is -2.19. The molecule has 2 aliphatic rings. The first-order valence-electron chi connectivity index (χ1n) is 12.2. The van der Waals surface area contributed by atoms with Crippen LogP contribution < -0.4 is 14.2 Å². The summed E-state index contributed by atoms with van der Waals surface area (Å²) in [6.45, 7) is 0.237. The largest absolute Gasteiger partial charge is 0.489 e. The van der Waals surface area contributed by atoms with E-state index in [1.54, 1.807) is 12.4 Å². The van der Waals surface area contributed by atoms with Crippen molar-refractivity contribution in [2.24, 2.45) is 0 Å². The highest BCUT2D eigenvalue weighted by Crippen LogP contribution is 2.38. The van der Waals surface area contributed by atoms with E-state index >= 15 is 0 Å². The third-order valence-corrected chi connectivity index (χ3v) is 6.78. The highest BCUT2D eigenvalue weighted by Gasteiger charge is 2.19. The Labute approximate surface area is 206 Å². The third kappa shape index (κ3) is 3.82. The van der Waals surface area contributed by atoms with Crippen LogP contribution in [0.3, 0.4) is 0 Å². The Hall–Kier alpha value is -4.40. The number of pyridine rings is 2. The van der Waals surface area contributed by atoms with Crippen molar-refractivity contribution in [1.82, 2.24) is 30.1 Å². The average molecular weight is 481 g/mol. The zero-order valence-electron chi connectivity index (χ0n) is 19.5. The molecule has 1 aliphatic heterocycles. The minimum atomic E-state index is 0.237. The van der Waals surface area contributed by atoms with Crippen molar-refractivity contribution >= 4 is 11.0 Å². The van der Waals surface area contributed by atoms with Gasteiger partial charge in [-0.3, -0.25) is 15.1 Å². The Kier molecular flexibility index (Phi) is 5.04. The van der Waals surface area contributed by atoms with Crippen LogP contribution in [0.15, 0.2) is 55.1 Å². The summed E-state index contributed by atoms with van der Waals surface area (Å²) >= 11 is 0. The van der Waals surface area contributed by atoms with Crippen LogP contribution in [0.5, 0.6) is 17.2 Å². The monoisotopic (exact) mass is 480 g/mol. The lowest BCUT2D eigenvalue weighted by molar-refractivity contribution is 0.154. The molecule has 0 bridgehead atoms.